The van der Waals surface area contributed by atoms with Gasteiger partial charge in [0, 0.05) is 12.8 Å². The van der Waals surface area contributed by atoms with Crippen LogP contribution in [-0.2, 0) is 14.3 Å². The molecule has 0 aromatic heterocycles. The Labute approximate surface area is 513 Å². The molecule has 2 unspecified atom stereocenters. The monoisotopic (exact) mass is 1150 g/mol. The molecule has 0 spiro atoms. The van der Waals surface area contributed by atoms with Crippen molar-refractivity contribution in [3.63, 3.8) is 0 Å². The van der Waals surface area contributed by atoms with Gasteiger partial charge in [-0.1, -0.05) is 378 Å². The van der Waals surface area contributed by atoms with Gasteiger partial charge in [0.1, 0.15) is 0 Å². The lowest BCUT2D eigenvalue weighted by molar-refractivity contribution is -0.143. The molecule has 0 aliphatic heterocycles. The van der Waals surface area contributed by atoms with Crippen LogP contribution in [0.1, 0.15) is 425 Å². The van der Waals surface area contributed by atoms with Crippen LogP contribution in [-0.4, -0.2) is 47.4 Å². The number of carbonyl (C=O) groups excluding carboxylic acids is 2. The second-order valence-electron chi connectivity index (χ2n) is 26.0. The molecule has 0 saturated carbocycles. The fourth-order valence-electron chi connectivity index (χ4n) is 12.0. The Kier molecular flexibility index (Phi) is 70.4. The Morgan fingerprint density at radius 2 is 0.610 bits per heavy atom. The SMILES string of the molecule is CCCCCC/C=C\C/C=C\CCCCCCCCCC(=O)OCCCCCCCCCCCCCCCCCCCCCCCCCCCCCC(=O)NC(CO)C(O)CCCCCCCCCCCCCCCCCCCCCC. The molecule has 2 atom stereocenters. The number of hydrogen-bond acceptors (Lipinski definition) is 5. The summed E-state index contributed by atoms with van der Waals surface area (Å²) in [6.45, 7) is 4.98. The minimum absolute atomic E-state index is 0.0117. The fraction of sp³-hybridized carbons (Fsp3) is 0.921. The van der Waals surface area contributed by atoms with Gasteiger partial charge in [-0.25, -0.2) is 0 Å². The van der Waals surface area contributed by atoms with E-state index in [1.165, 1.54) is 340 Å². The third kappa shape index (κ3) is 67.5. The van der Waals surface area contributed by atoms with Crippen molar-refractivity contribution < 1.29 is 24.5 Å². The zero-order chi connectivity index (χ0) is 59.2. The molecule has 1 amide bonds. The van der Waals surface area contributed by atoms with Crippen LogP contribution in [0.4, 0.5) is 0 Å². The average Bonchev–Trinajstić information content (AvgIpc) is 3.48. The van der Waals surface area contributed by atoms with Gasteiger partial charge in [0.05, 0.1) is 25.4 Å². The highest BCUT2D eigenvalue weighted by Gasteiger charge is 2.20. The first-order chi connectivity index (χ1) is 40.5. The van der Waals surface area contributed by atoms with Crippen LogP contribution in [0.25, 0.3) is 0 Å². The van der Waals surface area contributed by atoms with Crippen molar-refractivity contribution in [3.8, 4) is 0 Å². The number of ether oxygens (including phenoxy) is 1. The summed E-state index contributed by atoms with van der Waals surface area (Å²) in [6, 6.07) is -0.540. The molecule has 0 bridgehead atoms. The van der Waals surface area contributed by atoms with Gasteiger partial charge in [-0.2, -0.15) is 0 Å². The summed E-state index contributed by atoms with van der Waals surface area (Å²) < 4.78 is 5.51. The molecular formula is C76H147NO5. The maximum absolute atomic E-state index is 12.6. The third-order valence-electron chi connectivity index (χ3n) is 17.8. The Balaban J connectivity index is 3.34. The quantitative estimate of drug-likeness (QED) is 0.0320. The zero-order valence-corrected chi connectivity index (χ0v) is 55.8. The van der Waals surface area contributed by atoms with Crippen molar-refractivity contribution >= 4 is 11.9 Å². The van der Waals surface area contributed by atoms with Gasteiger partial charge < -0.3 is 20.3 Å². The minimum Gasteiger partial charge on any atom is -0.466 e. The van der Waals surface area contributed by atoms with Crippen LogP contribution in [0.15, 0.2) is 24.3 Å². The van der Waals surface area contributed by atoms with Gasteiger partial charge in [-0.3, -0.25) is 9.59 Å². The summed E-state index contributed by atoms with van der Waals surface area (Å²) in [5.74, 6) is -0.0158. The number of allylic oxidation sites excluding steroid dienone is 4. The second kappa shape index (κ2) is 71.8. The maximum atomic E-state index is 12.6. The number of aliphatic hydroxyl groups is 2. The van der Waals surface area contributed by atoms with Crippen LogP contribution in [0.2, 0.25) is 0 Å². The Bertz CT molecular complexity index is 1280. The van der Waals surface area contributed by atoms with E-state index in [9.17, 15) is 19.8 Å². The topological polar surface area (TPSA) is 95.9 Å². The zero-order valence-electron chi connectivity index (χ0n) is 55.8. The van der Waals surface area contributed by atoms with E-state index in [0.29, 0.717) is 25.9 Å². The number of esters is 1. The molecule has 82 heavy (non-hydrogen) atoms. The van der Waals surface area contributed by atoms with Gasteiger partial charge in [0.25, 0.3) is 0 Å². The summed E-state index contributed by atoms with van der Waals surface area (Å²) in [4.78, 5) is 24.7. The third-order valence-corrected chi connectivity index (χ3v) is 17.8. The van der Waals surface area contributed by atoms with E-state index in [-0.39, 0.29) is 18.5 Å². The molecular weight excluding hydrogens is 1010 g/mol. The summed E-state index contributed by atoms with van der Waals surface area (Å²) in [7, 11) is 0. The van der Waals surface area contributed by atoms with Crippen molar-refractivity contribution in [1.82, 2.24) is 5.32 Å². The number of unbranched alkanes of at least 4 members (excludes halogenated alkanes) is 56. The molecule has 0 heterocycles. The first-order valence-corrected chi connectivity index (χ1v) is 37.6. The number of nitrogens with one attached hydrogen (secondary N) is 1. The smallest absolute Gasteiger partial charge is 0.305 e. The standard InChI is InChI=1S/C76H147NO5/c1-3-5-7-9-11-13-15-17-19-21-23-33-36-40-44-48-52-56-60-64-68-74(79)73(72-78)77-75(80)69-65-61-57-53-49-45-41-37-34-31-29-27-25-24-26-28-30-32-35-39-43-47-51-55-59-63-67-71-82-76(81)70-66-62-58-54-50-46-42-38-22-20-18-16-14-12-10-8-6-4-2/h14,16,20,22,73-74,78-79H,3-13,15,17-19,21,23-72H2,1-2H3,(H,77,80)/b16-14-,22-20-. The number of aliphatic hydroxyl groups excluding tert-OH is 2. The largest absolute Gasteiger partial charge is 0.466 e. The van der Waals surface area contributed by atoms with E-state index < -0.39 is 12.1 Å². The minimum atomic E-state index is -0.663. The molecule has 0 fully saturated rings. The van der Waals surface area contributed by atoms with Crippen molar-refractivity contribution in [1.29, 1.82) is 0 Å². The predicted molar refractivity (Wildman–Crippen MR) is 361 cm³/mol. The second-order valence-corrected chi connectivity index (χ2v) is 26.0. The van der Waals surface area contributed by atoms with Crippen molar-refractivity contribution in [2.24, 2.45) is 0 Å². The number of carbonyl (C=O) groups is 2. The molecule has 0 aliphatic rings. The van der Waals surface area contributed by atoms with E-state index in [1.807, 2.05) is 0 Å². The molecule has 0 aliphatic carbocycles. The van der Waals surface area contributed by atoms with E-state index in [2.05, 4.69) is 43.5 Å². The fourth-order valence-corrected chi connectivity index (χ4v) is 12.0. The Morgan fingerprint density at radius 3 is 0.939 bits per heavy atom. The molecule has 486 valence electrons. The van der Waals surface area contributed by atoms with E-state index >= 15 is 0 Å². The van der Waals surface area contributed by atoms with E-state index in [4.69, 9.17) is 4.74 Å². The summed E-state index contributed by atoms with van der Waals surface area (Å²) in [5, 5.41) is 23.4. The number of rotatable bonds is 71. The molecule has 0 aromatic carbocycles. The van der Waals surface area contributed by atoms with Gasteiger partial charge >= 0.3 is 5.97 Å². The van der Waals surface area contributed by atoms with Crippen LogP contribution in [0, 0.1) is 0 Å². The summed E-state index contributed by atoms with van der Waals surface area (Å²) >= 11 is 0. The van der Waals surface area contributed by atoms with Gasteiger partial charge in [0.2, 0.25) is 5.91 Å². The molecule has 0 aromatic rings. The lowest BCUT2D eigenvalue weighted by Crippen LogP contribution is -2.45. The molecule has 0 saturated heterocycles. The van der Waals surface area contributed by atoms with Crippen LogP contribution in [0.5, 0.6) is 0 Å². The summed E-state index contributed by atoms with van der Waals surface area (Å²) in [6.07, 6.45) is 91.0. The number of amides is 1. The van der Waals surface area contributed by atoms with Gasteiger partial charge in [-0.05, 0) is 57.8 Å². The van der Waals surface area contributed by atoms with Crippen molar-refractivity contribution in [2.45, 2.75) is 437 Å². The lowest BCUT2D eigenvalue weighted by atomic mass is 10.0. The average molecular weight is 1160 g/mol. The Hall–Kier alpha value is -1.66. The van der Waals surface area contributed by atoms with Crippen molar-refractivity contribution in [2.75, 3.05) is 13.2 Å². The highest BCUT2D eigenvalue weighted by atomic mass is 16.5. The maximum Gasteiger partial charge on any atom is 0.305 e. The normalized spacial score (nSPS) is 12.6. The van der Waals surface area contributed by atoms with Crippen molar-refractivity contribution in [3.05, 3.63) is 24.3 Å². The Morgan fingerprint density at radius 1 is 0.341 bits per heavy atom. The van der Waals surface area contributed by atoms with E-state index in [1.54, 1.807) is 0 Å². The predicted octanol–water partition coefficient (Wildman–Crippen LogP) is 24.5. The first kappa shape index (κ1) is 80.3. The van der Waals surface area contributed by atoms with E-state index in [0.717, 1.165) is 51.4 Å². The molecule has 3 N–H and O–H groups in total. The molecule has 0 radical (unpaired) electrons. The number of hydrogen-bond donors (Lipinski definition) is 3. The highest BCUT2D eigenvalue weighted by Crippen LogP contribution is 2.20. The lowest BCUT2D eigenvalue weighted by Gasteiger charge is -2.22. The van der Waals surface area contributed by atoms with Crippen LogP contribution >= 0.6 is 0 Å². The highest BCUT2D eigenvalue weighted by molar-refractivity contribution is 5.76. The molecule has 6 nitrogen and oxygen atoms in total. The van der Waals surface area contributed by atoms with Gasteiger partial charge in [-0.15, -0.1) is 0 Å². The van der Waals surface area contributed by atoms with Gasteiger partial charge in [0.15, 0.2) is 0 Å². The molecule has 6 heteroatoms. The summed E-state index contributed by atoms with van der Waals surface area (Å²) in [5.41, 5.74) is 0. The van der Waals surface area contributed by atoms with Crippen LogP contribution in [0.3, 0.4) is 0 Å². The molecule has 0 rings (SSSR count). The van der Waals surface area contributed by atoms with Crippen LogP contribution < -0.4 is 5.32 Å². The first-order valence-electron chi connectivity index (χ1n) is 37.6.